The molecule has 0 aliphatic carbocycles. The van der Waals surface area contributed by atoms with E-state index in [-0.39, 0.29) is 6.17 Å². The molecule has 1 atom stereocenters. The summed E-state index contributed by atoms with van der Waals surface area (Å²) in [5.41, 5.74) is 8.05. The van der Waals surface area contributed by atoms with Crippen LogP contribution in [-0.4, -0.2) is 49.1 Å². The molecule has 0 saturated heterocycles. The summed E-state index contributed by atoms with van der Waals surface area (Å²) in [6.07, 6.45) is 1.99. The molecule has 6 nitrogen and oxygen atoms in total. The van der Waals surface area contributed by atoms with E-state index in [1.54, 1.807) is 0 Å². The van der Waals surface area contributed by atoms with E-state index >= 15 is 0 Å². The van der Waals surface area contributed by atoms with Crippen LogP contribution < -0.4 is 15.0 Å². The standard InChI is InChI=1S/C29H32N4O2/c1-31-27-11-10-25(18-24(27)20-33-16-13-22-7-4-5-9-26(22)28(31)33)35-29(34)30-14-17-32-15-12-21-6-2-3-8-23(21)19-32/h2-11,18,28H,12-17,19-20H2,1H3,(H,30,34). The third-order valence-electron chi connectivity index (χ3n) is 7.64. The zero-order valence-electron chi connectivity index (χ0n) is 20.2. The highest BCUT2D eigenvalue weighted by molar-refractivity contribution is 5.71. The molecule has 1 amide bonds. The van der Waals surface area contributed by atoms with Gasteiger partial charge in [-0.15, -0.1) is 0 Å². The zero-order chi connectivity index (χ0) is 23.8. The summed E-state index contributed by atoms with van der Waals surface area (Å²) in [4.78, 5) is 19.7. The van der Waals surface area contributed by atoms with Crippen molar-refractivity contribution in [1.29, 1.82) is 0 Å². The van der Waals surface area contributed by atoms with Crippen LogP contribution in [0.2, 0.25) is 0 Å². The Balaban J connectivity index is 1.06. The molecule has 0 spiro atoms. The Hall–Kier alpha value is -3.35. The Morgan fingerprint density at radius 1 is 0.914 bits per heavy atom. The SMILES string of the molecule is CN1c2ccc(OC(=O)NCCN3CCc4ccccc4C3)cc2CN2CCc3ccccc3C21. The number of hydrogen-bond acceptors (Lipinski definition) is 5. The lowest BCUT2D eigenvalue weighted by atomic mass is 9.93. The molecule has 35 heavy (non-hydrogen) atoms. The molecular weight excluding hydrogens is 436 g/mol. The Morgan fingerprint density at radius 2 is 1.69 bits per heavy atom. The van der Waals surface area contributed by atoms with Crippen LogP contribution in [0, 0.1) is 0 Å². The predicted molar refractivity (Wildman–Crippen MR) is 138 cm³/mol. The highest BCUT2D eigenvalue weighted by atomic mass is 16.6. The Bertz CT molecular complexity index is 1240. The quantitative estimate of drug-likeness (QED) is 0.617. The molecule has 0 bridgehead atoms. The van der Waals surface area contributed by atoms with Crippen LogP contribution in [0.15, 0.2) is 66.7 Å². The summed E-state index contributed by atoms with van der Waals surface area (Å²) in [5, 5.41) is 2.92. The molecule has 3 aliphatic heterocycles. The first-order chi connectivity index (χ1) is 17.2. The van der Waals surface area contributed by atoms with Crippen LogP contribution in [0.5, 0.6) is 5.75 Å². The molecule has 1 unspecified atom stereocenters. The summed E-state index contributed by atoms with van der Waals surface area (Å²) in [5.74, 6) is 0.595. The monoisotopic (exact) mass is 468 g/mol. The van der Waals surface area contributed by atoms with Crippen molar-refractivity contribution in [3.63, 3.8) is 0 Å². The third kappa shape index (κ3) is 4.40. The lowest BCUT2D eigenvalue weighted by molar-refractivity contribution is 0.163. The van der Waals surface area contributed by atoms with Gasteiger partial charge in [0, 0.05) is 52.0 Å². The fourth-order valence-electron chi connectivity index (χ4n) is 5.87. The molecule has 6 heteroatoms. The summed E-state index contributed by atoms with van der Waals surface area (Å²) in [6.45, 7) is 5.23. The fourth-order valence-corrected chi connectivity index (χ4v) is 5.87. The van der Waals surface area contributed by atoms with Crippen molar-refractivity contribution < 1.29 is 9.53 Å². The van der Waals surface area contributed by atoms with E-state index < -0.39 is 6.09 Å². The van der Waals surface area contributed by atoms with Gasteiger partial charge in [0.2, 0.25) is 0 Å². The molecule has 3 aromatic carbocycles. The average Bonchev–Trinajstić information content (AvgIpc) is 2.88. The Morgan fingerprint density at radius 3 is 2.57 bits per heavy atom. The van der Waals surface area contributed by atoms with Gasteiger partial charge in [-0.05, 0) is 58.9 Å². The highest BCUT2D eigenvalue weighted by Gasteiger charge is 2.35. The van der Waals surface area contributed by atoms with Crippen molar-refractivity contribution in [2.24, 2.45) is 0 Å². The first-order valence-corrected chi connectivity index (χ1v) is 12.6. The number of ether oxygens (including phenoxy) is 1. The molecule has 0 radical (unpaired) electrons. The summed E-state index contributed by atoms with van der Waals surface area (Å²) in [6, 6.07) is 23.4. The number of benzene rings is 3. The van der Waals surface area contributed by atoms with Gasteiger partial charge in [-0.1, -0.05) is 48.5 Å². The maximum absolute atomic E-state index is 12.5. The second-order valence-electron chi connectivity index (χ2n) is 9.81. The van der Waals surface area contributed by atoms with Gasteiger partial charge in [0.1, 0.15) is 11.9 Å². The van der Waals surface area contributed by atoms with E-state index in [2.05, 4.69) is 81.7 Å². The molecule has 3 aromatic rings. The minimum atomic E-state index is -0.392. The Kier molecular flexibility index (Phi) is 5.92. The second kappa shape index (κ2) is 9.36. The normalized spacial score (nSPS) is 19.2. The van der Waals surface area contributed by atoms with Gasteiger partial charge in [-0.25, -0.2) is 4.79 Å². The summed E-state index contributed by atoms with van der Waals surface area (Å²) in [7, 11) is 2.16. The molecule has 180 valence electrons. The number of amides is 1. The minimum absolute atomic E-state index is 0.254. The lowest BCUT2D eigenvalue weighted by Gasteiger charge is -2.47. The van der Waals surface area contributed by atoms with Gasteiger partial charge in [0.25, 0.3) is 0 Å². The van der Waals surface area contributed by atoms with Crippen LogP contribution in [0.25, 0.3) is 0 Å². The zero-order valence-corrected chi connectivity index (χ0v) is 20.2. The van der Waals surface area contributed by atoms with Crippen molar-refractivity contribution in [2.75, 3.05) is 38.1 Å². The largest absolute Gasteiger partial charge is 0.412 e. The lowest BCUT2D eigenvalue weighted by Crippen LogP contribution is -2.47. The van der Waals surface area contributed by atoms with Crippen molar-refractivity contribution in [2.45, 2.75) is 32.1 Å². The number of carbonyl (C=O) groups excluding carboxylic acids is 1. The average molecular weight is 469 g/mol. The molecule has 0 saturated carbocycles. The smallest absolute Gasteiger partial charge is 0.410 e. The van der Waals surface area contributed by atoms with Gasteiger partial charge in [-0.3, -0.25) is 9.80 Å². The first kappa shape index (κ1) is 22.1. The molecule has 0 aromatic heterocycles. The van der Waals surface area contributed by atoms with Gasteiger partial charge >= 0.3 is 6.09 Å². The van der Waals surface area contributed by atoms with Gasteiger partial charge < -0.3 is 15.0 Å². The van der Waals surface area contributed by atoms with Crippen molar-refractivity contribution in [3.8, 4) is 5.75 Å². The van der Waals surface area contributed by atoms with Crippen molar-refractivity contribution in [1.82, 2.24) is 15.1 Å². The fraction of sp³-hybridized carbons (Fsp3) is 0.345. The van der Waals surface area contributed by atoms with Crippen LogP contribution in [0.3, 0.4) is 0 Å². The maximum atomic E-state index is 12.5. The molecule has 0 fully saturated rings. The third-order valence-corrected chi connectivity index (χ3v) is 7.64. The molecule has 6 rings (SSSR count). The molecule has 1 N–H and O–H groups in total. The highest BCUT2D eigenvalue weighted by Crippen LogP contribution is 2.42. The molecule has 3 heterocycles. The van der Waals surface area contributed by atoms with Crippen molar-refractivity contribution >= 4 is 11.8 Å². The maximum Gasteiger partial charge on any atom is 0.412 e. The van der Waals surface area contributed by atoms with Gasteiger partial charge in [0.15, 0.2) is 0 Å². The summed E-state index contributed by atoms with van der Waals surface area (Å²) < 4.78 is 5.65. The van der Waals surface area contributed by atoms with E-state index in [9.17, 15) is 4.79 Å². The van der Waals surface area contributed by atoms with E-state index in [1.165, 1.54) is 33.5 Å². The number of rotatable bonds is 4. The number of carbonyl (C=O) groups is 1. The van der Waals surface area contributed by atoms with Gasteiger partial charge in [0.05, 0.1) is 0 Å². The van der Waals surface area contributed by atoms with E-state index in [0.29, 0.717) is 12.3 Å². The van der Waals surface area contributed by atoms with E-state index in [1.807, 2.05) is 12.1 Å². The van der Waals surface area contributed by atoms with Crippen LogP contribution in [0.1, 0.15) is 34.0 Å². The molecule has 3 aliphatic rings. The van der Waals surface area contributed by atoms with E-state index in [0.717, 1.165) is 45.6 Å². The molecular formula is C29H32N4O2. The van der Waals surface area contributed by atoms with Crippen molar-refractivity contribution in [3.05, 3.63) is 94.5 Å². The Labute approximate surface area is 207 Å². The first-order valence-electron chi connectivity index (χ1n) is 12.6. The second-order valence-corrected chi connectivity index (χ2v) is 9.81. The number of nitrogens with one attached hydrogen (secondary N) is 1. The number of fused-ring (bicyclic) bond motifs is 5. The summed E-state index contributed by atoms with van der Waals surface area (Å²) >= 11 is 0. The van der Waals surface area contributed by atoms with Crippen LogP contribution in [0.4, 0.5) is 10.5 Å². The minimum Gasteiger partial charge on any atom is -0.410 e. The van der Waals surface area contributed by atoms with Gasteiger partial charge in [-0.2, -0.15) is 0 Å². The van der Waals surface area contributed by atoms with E-state index in [4.69, 9.17) is 4.74 Å². The number of anilines is 1. The van der Waals surface area contributed by atoms with Crippen LogP contribution in [-0.2, 0) is 25.9 Å². The predicted octanol–water partition coefficient (Wildman–Crippen LogP) is 4.34. The number of nitrogens with zero attached hydrogens (tertiary/aromatic N) is 3. The number of hydrogen-bond donors (Lipinski definition) is 1. The van der Waals surface area contributed by atoms with Crippen LogP contribution >= 0.6 is 0 Å². The topological polar surface area (TPSA) is 48.1 Å².